The standard InChI is InChI=1S/C28H23Cl2N5O5S/c1-38-18-8-4-7-17(12-18)32-25(36)15-41(37)28-33-22-14-24(40-3)23(39-2)13-19(22)27(35-28)34-26-20(29)10-16(6-5-9-31)11-21(26)30/h4-8,10-14H,15H2,1-3H3,(H,32,36)(H,33,34,35)/b6-5+. The normalized spacial score (nSPS) is 11.6. The number of methoxy groups -OCH3 is 3. The molecule has 0 saturated carbocycles. The van der Waals surface area contributed by atoms with E-state index in [-0.39, 0.29) is 21.0 Å². The number of carbonyl (C=O) groups is 1. The van der Waals surface area contributed by atoms with E-state index in [2.05, 4.69) is 20.6 Å². The van der Waals surface area contributed by atoms with Gasteiger partial charge in [-0.3, -0.25) is 9.00 Å². The van der Waals surface area contributed by atoms with Gasteiger partial charge in [0, 0.05) is 29.3 Å². The number of hydrogen-bond acceptors (Lipinski definition) is 9. The first-order valence-corrected chi connectivity index (χ1v) is 13.9. The number of fused-ring (bicyclic) bond motifs is 1. The summed E-state index contributed by atoms with van der Waals surface area (Å²) in [5.41, 5.74) is 1.81. The zero-order valence-corrected chi connectivity index (χ0v) is 24.4. The van der Waals surface area contributed by atoms with Crippen molar-refractivity contribution < 1.29 is 23.2 Å². The monoisotopic (exact) mass is 611 g/mol. The lowest BCUT2D eigenvalue weighted by molar-refractivity contribution is -0.113. The van der Waals surface area contributed by atoms with Gasteiger partial charge in [-0.15, -0.1) is 0 Å². The van der Waals surface area contributed by atoms with Crippen molar-refractivity contribution in [2.45, 2.75) is 5.16 Å². The highest BCUT2D eigenvalue weighted by molar-refractivity contribution is 7.85. The Morgan fingerprint density at radius 3 is 2.39 bits per heavy atom. The summed E-state index contributed by atoms with van der Waals surface area (Å²) in [4.78, 5) is 21.6. The topological polar surface area (TPSA) is 135 Å². The molecule has 210 valence electrons. The fourth-order valence-electron chi connectivity index (χ4n) is 3.77. The molecule has 1 atom stereocenters. The fourth-order valence-corrected chi connectivity index (χ4v) is 5.20. The number of anilines is 3. The largest absolute Gasteiger partial charge is 0.497 e. The number of carbonyl (C=O) groups excluding carboxylic acids is 1. The number of rotatable bonds is 10. The zero-order chi connectivity index (χ0) is 29.5. The SMILES string of the molecule is COc1cccc(NC(=O)CS(=O)c2nc(Nc3c(Cl)cc(/C=C/C#N)cc3Cl)c3cc(OC)c(OC)cc3n2)c1. The molecule has 1 aromatic heterocycles. The minimum Gasteiger partial charge on any atom is -0.497 e. The van der Waals surface area contributed by atoms with E-state index in [1.165, 1.54) is 27.4 Å². The Hall–Kier alpha value is -4.37. The third-order valence-corrected chi connectivity index (χ3v) is 7.37. The van der Waals surface area contributed by atoms with Gasteiger partial charge in [-0.1, -0.05) is 29.3 Å². The van der Waals surface area contributed by atoms with Crippen molar-refractivity contribution in [1.82, 2.24) is 9.97 Å². The van der Waals surface area contributed by atoms with Crippen LogP contribution in [0.25, 0.3) is 17.0 Å². The van der Waals surface area contributed by atoms with Crippen LogP contribution in [0.3, 0.4) is 0 Å². The lowest BCUT2D eigenvalue weighted by atomic mass is 10.1. The van der Waals surface area contributed by atoms with Gasteiger partial charge in [0.1, 0.15) is 28.1 Å². The first-order chi connectivity index (χ1) is 19.8. The number of ether oxygens (including phenoxy) is 3. The maximum atomic E-state index is 13.3. The molecule has 3 aromatic carbocycles. The predicted octanol–water partition coefficient (Wildman–Crippen LogP) is 5.99. The van der Waals surface area contributed by atoms with E-state index < -0.39 is 22.5 Å². The number of nitrogens with zero attached hydrogens (tertiary/aromatic N) is 3. The van der Waals surface area contributed by atoms with Crippen molar-refractivity contribution in [3.8, 4) is 23.3 Å². The van der Waals surface area contributed by atoms with Crippen LogP contribution in [0.1, 0.15) is 5.56 Å². The van der Waals surface area contributed by atoms with Crippen LogP contribution in [0.5, 0.6) is 17.2 Å². The van der Waals surface area contributed by atoms with Gasteiger partial charge in [0.05, 0.1) is 48.6 Å². The van der Waals surface area contributed by atoms with Crippen molar-refractivity contribution >= 4 is 74.1 Å². The predicted molar refractivity (Wildman–Crippen MR) is 160 cm³/mol. The van der Waals surface area contributed by atoms with Crippen molar-refractivity contribution in [3.63, 3.8) is 0 Å². The van der Waals surface area contributed by atoms with E-state index in [1.807, 2.05) is 6.07 Å². The molecule has 10 nitrogen and oxygen atoms in total. The number of nitriles is 1. The Kier molecular flexibility index (Phi) is 9.62. The summed E-state index contributed by atoms with van der Waals surface area (Å²) in [5, 5.41) is 15.5. The van der Waals surface area contributed by atoms with Crippen LogP contribution < -0.4 is 24.8 Å². The molecule has 1 heterocycles. The first-order valence-electron chi connectivity index (χ1n) is 11.8. The molecule has 1 unspecified atom stereocenters. The molecule has 1 amide bonds. The third kappa shape index (κ3) is 7.05. The maximum absolute atomic E-state index is 13.3. The maximum Gasteiger partial charge on any atom is 0.237 e. The Labute approximate surface area is 248 Å². The lowest BCUT2D eigenvalue weighted by Crippen LogP contribution is -2.20. The van der Waals surface area contributed by atoms with Crippen molar-refractivity contribution in [1.29, 1.82) is 5.26 Å². The van der Waals surface area contributed by atoms with E-state index in [9.17, 15) is 9.00 Å². The zero-order valence-electron chi connectivity index (χ0n) is 22.0. The van der Waals surface area contributed by atoms with Gasteiger partial charge in [-0.25, -0.2) is 9.97 Å². The molecule has 0 radical (unpaired) electrons. The van der Waals surface area contributed by atoms with Gasteiger partial charge in [-0.2, -0.15) is 5.26 Å². The van der Waals surface area contributed by atoms with Gasteiger partial charge in [0.25, 0.3) is 0 Å². The van der Waals surface area contributed by atoms with E-state index in [0.717, 1.165) is 0 Å². The molecule has 41 heavy (non-hydrogen) atoms. The van der Waals surface area contributed by atoms with Crippen LogP contribution in [-0.4, -0.2) is 47.2 Å². The van der Waals surface area contributed by atoms with Crippen LogP contribution in [0, 0.1) is 11.3 Å². The van der Waals surface area contributed by atoms with E-state index in [0.29, 0.717) is 45.1 Å². The Morgan fingerprint density at radius 2 is 1.73 bits per heavy atom. The first kappa shape index (κ1) is 29.6. The summed E-state index contributed by atoms with van der Waals surface area (Å²) >= 11 is 13.0. The van der Waals surface area contributed by atoms with E-state index >= 15 is 0 Å². The lowest BCUT2D eigenvalue weighted by Gasteiger charge is -2.15. The number of aromatic nitrogens is 2. The second-order valence-corrected chi connectivity index (χ2v) is 10.5. The number of hydrogen-bond donors (Lipinski definition) is 2. The Morgan fingerprint density at radius 1 is 1.02 bits per heavy atom. The van der Waals surface area contributed by atoms with Crippen molar-refractivity contribution in [2.75, 3.05) is 37.7 Å². The van der Waals surface area contributed by atoms with E-state index in [1.54, 1.807) is 54.6 Å². The van der Waals surface area contributed by atoms with Crippen LogP contribution >= 0.6 is 23.2 Å². The van der Waals surface area contributed by atoms with Crippen LogP contribution in [-0.2, 0) is 15.6 Å². The molecule has 0 spiro atoms. The number of nitrogens with one attached hydrogen (secondary N) is 2. The minimum absolute atomic E-state index is 0.103. The molecule has 0 aliphatic rings. The molecule has 0 aliphatic heterocycles. The smallest absolute Gasteiger partial charge is 0.237 e. The van der Waals surface area contributed by atoms with Crippen molar-refractivity contribution in [3.05, 3.63) is 70.2 Å². The highest BCUT2D eigenvalue weighted by atomic mass is 35.5. The van der Waals surface area contributed by atoms with Gasteiger partial charge in [0.2, 0.25) is 11.1 Å². The number of amides is 1. The fraction of sp³-hybridized carbons (Fsp3) is 0.143. The van der Waals surface area contributed by atoms with E-state index in [4.69, 9.17) is 42.7 Å². The average molecular weight is 612 g/mol. The van der Waals surface area contributed by atoms with Crippen LogP contribution in [0.15, 0.2) is 59.8 Å². The average Bonchev–Trinajstić information content (AvgIpc) is 2.96. The quantitative estimate of drug-likeness (QED) is 0.164. The summed E-state index contributed by atoms with van der Waals surface area (Å²) in [5.74, 6) is 0.671. The van der Waals surface area contributed by atoms with Crippen LogP contribution in [0.4, 0.5) is 17.2 Å². The molecule has 0 bridgehead atoms. The second-order valence-electron chi connectivity index (χ2n) is 8.30. The second kappa shape index (κ2) is 13.3. The number of benzene rings is 3. The molecule has 2 N–H and O–H groups in total. The molecular weight excluding hydrogens is 589 g/mol. The third-order valence-electron chi connectivity index (χ3n) is 5.66. The highest BCUT2D eigenvalue weighted by Crippen LogP contribution is 2.39. The van der Waals surface area contributed by atoms with Gasteiger partial charge in [0.15, 0.2) is 11.5 Å². The molecule has 0 aliphatic carbocycles. The summed E-state index contributed by atoms with van der Waals surface area (Å²) < 4.78 is 29.3. The molecule has 13 heteroatoms. The molecule has 4 rings (SSSR count). The number of allylic oxidation sites excluding steroid dienone is 1. The Balaban J connectivity index is 1.72. The van der Waals surface area contributed by atoms with Gasteiger partial charge >= 0.3 is 0 Å². The molecule has 0 saturated heterocycles. The number of halogens is 2. The highest BCUT2D eigenvalue weighted by Gasteiger charge is 2.20. The van der Waals surface area contributed by atoms with Gasteiger partial charge in [-0.05, 0) is 42.0 Å². The van der Waals surface area contributed by atoms with Gasteiger partial charge < -0.3 is 24.8 Å². The van der Waals surface area contributed by atoms with Crippen molar-refractivity contribution in [2.24, 2.45) is 0 Å². The minimum atomic E-state index is -1.94. The summed E-state index contributed by atoms with van der Waals surface area (Å²) in [7, 11) is 2.55. The Bertz CT molecular complexity index is 1700. The summed E-state index contributed by atoms with van der Waals surface area (Å²) in [6, 6.07) is 15.2. The molecule has 4 aromatic rings. The summed E-state index contributed by atoms with van der Waals surface area (Å²) in [6.07, 6.45) is 2.87. The summed E-state index contributed by atoms with van der Waals surface area (Å²) in [6.45, 7) is 0. The molecule has 0 fully saturated rings. The molecular formula is C28H23Cl2N5O5S. The van der Waals surface area contributed by atoms with Crippen LogP contribution in [0.2, 0.25) is 10.0 Å².